The first-order chi connectivity index (χ1) is 9.68. The molecular formula is C16H17N3O. The van der Waals surface area contributed by atoms with E-state index in [1.54, 1.807) is 12.4 Å². The average molecular weight is 267 g/mol. The van der Waals surface area contributed by atoms with Crippen molar-refractivity contribution < 1.29 is 4.79 Å². The zero-order valence-electron chi connectivity index (χ0n) is 11.6. The van der Waals surface area contributed by atoms with Gasteiger partial charge in [0.1, 0.15) is 6.17 Å². The van der Waals surface area contributed by atoms with E-state index in [4.69, 9.17) is 0 Å². The summed E-state index contributed by atoms with van der Waals surface area (Å²) in [5, 5.41) is 3.44. The van der Waals surface area contributed by atoms with Crippen molar-refractivity contribution in [2.75, 3.05) is 5.32 Å². The predicted molar refractivity (Wildman–Crippen MR) is 78.3 cm³/mol. The Bertz CT molecular complexity index is 625. The SMILES string of the molecule is CC(C)N1C(=O)c2ccccc2NC1c1cccnc1. The molecule has 0 saturated carbocycles. The second kappa shape index (κ2) is 4.96. The molecule has 1 atom stereocenters. The number of nitrogens with zero attached hydrogens (tertiary/aromatic N) is 2. The lowest BCUT2D eigenvalue weighted by atomic mass is 10.0. The number of pyridine rings is 1. The molecule has 2 aromatic rings. The molecule has 0 radical (unpaired) electrons. The van der Waals surface area contributed by atoms with E-state index >= 15 is 0 Å². The lowest BCUT2D eigenvalue weighted by molar-refractivity contribution is 0.0616. The van der Waals surface area contributed by atoms with E-state index in [9.17, 15) is 4.79 Å². The van der Waals surface area contributed by atoms with Gasteiger partial charge in [0.25, 0.3) is 5.91 Å². The second-order valence-corrected chi connectivity index (χ2v) is 5.18. The smallest absolute Gasteiger partial charge is 0.258 e. The fourth-order valence-electron chi connectivity index (χ4n) is 2.58. The van der Waals surface area contributed by atoms with Crippen molar-refractivity contribution in [3.63, 3.8) is 0 Å². The molecule has 3 rings (SSSR count). The number of nitrogens with one attached hydrogen (secondary N) is 1. The minimum absolute atomic E-state index is 0.0585. The van der Waals surface area contributed by atoms with Crippen molar-refractivity contribution in [2.45, 2.75) is 26.1 Å². The first kappa shape index (κ1) is 12.7. The van der Waals surface area contributed by atoms with Crippen LogP contribution in [0.2, 0.25) is 0 Å². The summed E-state index contributed by atoms with van der Waals surface area (Å²) in [5.74, 6) is 0.0585. The third-order valence-corrected chi connectivity index (χ3v) is 3.52. The lowest BCUT2D eigenvalue weighted by Crippen LogP contribution is -2.46. The lowest BCUT2D eigenvalue weighted by Gasteiger charge is -2.40. The summed E-state index contributed by atoms with van der Waals surface area (Å²) in [6, 6.07) is 11.6. The minimum Gasteiger partial charge on any atom is -0.361 e. The highest BCUT2D eigenvalue weighted by Gasteiger charge is 2.34. The van der Waals surface area contributed by atoms with Gasteiger partial charge in [-0.2, -0.15) is 0 Å². The van der Waals surface area contributed by atoms with Crippen LogP contribution in [0.25, 0.3) is 0 Å². The Morgan fingerprint density at radius 1 is 1.20 bits per heavy atom. The van der Waals surface area contributed by atoms with Crippen molar-refractivity contribution in [1.29, 1.82) is 0 Å². The molecule has 0 saturated heterocycles. The van der Waals surface area contributed by atoms with Crippen molar-refractivity contribution in [1.82, 2.24) is 9.88 Å². The molecule has 4 heteroatoms. The van der Waals surface area contributed by atoms with Gasteiger partial charge < -0.3 is 10.2 Å². The molecule has 1 aromatic heterocycles. The first-order valence-corrected chi connectivity index (χ1v) is 6.76. The number of rotatable bonds is 2. The van der Waals surface area contributed by atoms with Gasteiger partial charge in [-0.05, 0) is 32.0 Å². The van der Waals surface area contributed by atoms with Crippen LogP contribution in [0.4, 0.5) is 5.69 Å². The van der Waals surface area contributed by atoms with Crippen molar-refractivity contribution in [3.05, 3.63) is 59.9 Å². The van der Waals surface area contributed by atoms with Crippen LogP contribution < -0.4 is 5.32 Å². The number of carbonyl (C=O) groups is 1. The van der Waals surface area contributed by atoms with E-state index in [2.05, 4.69) is 10.3 Å². The number of amides is 1. The second-order valence-electron chi connectivity index (χ2n) is 5.18. The average Bonchev–Trinajstić information content (AvgIpc) is 2.47. The summed E-state index contributed by atoms with van der Waals surface area (Å²) in [6.07, 6.45) is 3.36. The molecule has 4 nitrogen and oxygen atoms in total. The van der Waals surface area contributed by atoms with Gasteiger partial charge in [0.05, 0.1) is 5.56 Å². The van der Waals surface area contributed by atoms with Gasteiger partial charge in [-0.15, -0.1) is 0 Å². The van der Waals surface area contributed by atoms with Crippen LogP contribution in [-0.4, -0.2) is 21.8 Å². The van der Waals surface area contributed by atoms with Crippen molar-refractivity contribution >= 4 is 11.6 Å². The Kier molecular flexibility index (Phi) is 3.14. The molecule has 1 aliphatic rings. The number of anilines is 1. The highest BCUT2D eigenvalue weighted by atomic mass is 16.2. The molecule has 20 heavy (non-hydrogen) atoms. The van der Waals surface area contributed by atoms with Gasteiger partial charge in [-0.25, -0.2) is 0 Å². The zero-order chi connectivity index (χ0) is 14.1. The topological polar surface area (TPSA) is 45.2 Å². The summed E-state index contributed by atoms with van der Waals surface area (Å²) < 4.78 is 0. The van der Waals surface area contributed by atoms with E-state index in [0.29, 0.717) is 0 Å². The number of hydrogen-bond acceptors (Lipinski definition) is 3. The molecule has 1 unspecified atom stereocenters. The van der Waals surface area contributed by atoms with Gasteiger partial charge in [0.15, 0.2) is 0 Å². The Balaban J connectivity index is 2.08. The number of aromatic nitrogens is 1. The first-order valence-electron chi connectivity index (χ1n) is 6.76. The van der Waals surface area contributed by atoms with Gasteiger partial charge in [0, 0.05) is 29.7 Å². The van der Waals surface area contributed by atoms with Gasteiger partial charge >= 0.3 is 0 Å². The maximum atomic E-state index is 12.7. The van der Waals surface area contributed by atoms with Gasteiger partial charge in [-0.1, -0.05) is 18.2 Å². The molecule has 2 heterocycles. The maximum Gasteiger partial charge on any atom is 0.258 e. The fourth-order valence-corrected chi connectivity index (χ4v) is 2.58. The molecule has 0 bridgehead atoms. The number of carbonyl (C=O) groups excluding carboxylic acids is 1. The molecule has 1 aromatic carbocycles. The number of benzene rings is 1. The van der Waals surface area contributed by atoms with Crippen LogP contribution in [0.15, 0.2) is 48.8 Å². The van der Waals surface area contributed by atoms with Crippen molar-refractivity contribution in [2.24, 2.45) is 0 Å². The standard InChI is InChI=1S/C16H17N3O/c1-11(2)19-15(12-6-5-9-17-10-12)18-14-8-4-3-7-13(14)16(19)20/h3-11,15,18H,1-2H3. The van der Waals surface area contributed by atoms with E-state index in [1.165, 1.54) is 0 Å². The number of para-hydroxylation sites is 1. The Morgan fingerprint density at radius 3 is 2.70 bits per heavy atom. The normalized spacial score (nSPS) is 17.9. The highest BCUT2D eigenvalue weighted by molar-refractivity contribution is 6.01. The Labute approximate surface area is 118 Å². The summed E-state index contributed by atoms with van der Waals surface area (Å²) in [5.41, 5.74) is 2.59. The van der Waals surface area contributed by atoms with Crippen LogP contribution in [0.5, 0.6) is 0 Å². The Morgan fingerprint density at radius 2 is 2.00 bits per heavy atom. The monoisotopic (exact) mass is 267 g/mol. The van der Waals surface area contributed by atoms with Crippen LogP contribution in [0.3, 0.4) is 0 Å². The van der Waals surface area contributed by atoms with E-state index in [0.717, 1.165) is 16.8 Å². The summed E-state index contributed by atoms with van der Waals surface area (Å²) >= 11 is 0. The minimum atomic E-state index is -0.175. The molecule has 1 amide bonds. The van der Waals surface area contributed by atoms with Gasteiger partial charge in [-0.3, -0.25) is 9.78 Å². The number of fused-ring (bicyclic) bond motifs is 1. The van der Waals surface area contributed by atoms with Crippen LogP contribution in [-0.2, 0) is 0 Å². The molecule has 102 valence electrons. The maximum absolute atomic E-state index is 12.7. The van der Waals surface area contributed by atoms with E-state index in [1.807, 2.05) is 55.1 Å². The summed E-state index contributed by atoms with van der Waals surface area (Å²) in [6.45, 7) is 4.05. The quantitative estimate of drug-likeness (QED) is 0.909. The molecule has 0 spiro atoms. The third kappa shape index (κ3) is 2.03. The fraction of sp³-hybridized carbons (Fsp3) is 0.250. The molecule has 0 fully saturated rings. The van der Waals surface area contributed by atoms with Crippen molar-refractivity contribution in [3.8, 4) is 0 Å². The molecule has 1 aliphatic heterocycles. The van der Waals surface area contributed by atoms with Crippen LogP contribution in [0, 0.1) is 0 Å². The summed E-state index contributed by atoms with van der Waals surface area (Å²) in [7, 11) is 0. The molecule has 1 N–H and O–H groups in total. The largest absolute Gasteiger partial charge is 0.361 e. The van der Waals surface area contributed by atoms with Crippen LogP contribution >= 0.6 is 0 Å². The number of hydrogen-bond donors (Lipinski definition) is 1. The van der Waals surface area contributed by atoms with E-state index < -0.39 is 0 Å². The van der Waals surface area contributed by atoms with Gasteiger partial charge in [0.2, 0.25) is 0 Å². The summed E-state index contributed by atoms with van der Waals surface area (Å²) in [4.78, 5) is 18.7. The molecular weight excluding hydrogens is 250 g/mol. The zero-order valence-corrected chi connectivity index (χ0v) is 11.6. The highest BCUT2D eigenvalue weighted by Crippen LogP contribution is 2.33. The third-order valence-electron chi connectivity index (χ3n) is 3.52. The van der Waals surface area contributed by atoms with E-state index in [-0.39, 0.29) is 18.1 Å². The Hall–Kier alpha value is -2.36. The molecule has 0 aliphatic carbocycles. The predicted octanol–water partition coefficient (Wildman–Crippen LogP) is 3.06. The van der Waals surface area contributed by atoms with Crippen LogP contribution in [0.1, 0.15) is 35.9 Å².